The van der Waals surface area contributed by atoms with Gasteiger partial charge in [0, 0.05) is 11.8 Å². The zero-order valence-electron chi connectivity index (χ0n) is 11.7. The maximum absolute atomic E-state index is 12.1. The van der Waals surface area contributed by atoms with Crippen LogP contribution in [0.2, 0.25) is 0 Å². The molecule has 0 aliphatic heterocycles. The molecular formula is C15H18N2O2. The molecule has 0 bridgehead atoms. The molecule has 0 radical (unpaired) electrons. The highest BCUT2D eigenvalue weighted by molar-refractivity contribution is 5.34. The average Bonchev–Trinajstić information content (AvgIpc) is 2.35. The maximum Gasteiger partial charge on any atom is 0.299 e. The second kappa shape index (κ2) is 5.26. The Balaban J connectivity index is 2.52. The quantitative estimate of drug-likeness (QED) is 0.848. The summed E-state index contributed by atoms with van der Waals surface area (Å²) < 4.78 is 6.77. The Morgan fingerprint density at radius 1 is 1.21 bits per heavy atom. The highest BCUT2D eigenvalue weighted by Crippen LogP contribution is 2.16. The van der Waals surface area contributed by atoms with Gasteiger partial charge in [0.1, 0.15) is 0 Å². The number of rotatable bonds is 3. The largest absolute Gasteiger partial charge is 0.468 e. The van der Waals surface area contributed by atoms with Gasteiger partial charge in [0.05, 0.1) is 13.7 Å². The minimum Gasteiger partial charge on any atom is -0.468 e. The lowest BCUT2D eigenvalue weighted by molar-refractivity contribution is 0.349. The number of aryl methyl sites for hydroxylation is 3. The van der Waals surface area contributed by atoms with Crippen molar-refractivity contribution in [2.45, 2.75) is 27.3 Å². The molecule has 0 amide bonds. The molecule has 4 heteroatoms. The summed E-state index contributed by atoms with van der Waals surface area (Å²) in [5, 5.41) is 0. The van der Waals surface area contributed by atoms with E-state index in [0.29, 0.717) is 18.2 Å². The zero-order valence-corrected chi connectivity index (χ0v) is 11.7. The third-order valence-corrected chi connectivity index (χ3v) is 3.24. The van der Waals surface area contributed by atoms with Crippen LogP contribution in [-0.2, 0) is 6.54 Å². The van der Waals surface area contributed by atoms with Gasteiger partial charge < -0.3 is 4.74 Å². The second-order valence-electron chi connectivity index (χ2n) is 4.68. The average molecular weight is 258 g/mol. The molecule has 0 aliphatic rings. The van der Waals surface area contributed by atoms with E-state index in [9.17, 15) is 4.79 Å². The van der Waals surface area contributed by atoms with Crippen molar-refractivity contribution < 1.29 is 4.74 Å². The molecule has 1 aromatic carbocycles. The van der Waals surface area contributed by atoms with E-state index in [2.05, 4.69) is 4.98 Å². The Kier molecular flexibility index (Phi) is 3.69. The van der Waals surface area contributed by atoms with Crippen LogP contribution in [0.1, 0.15) is 22.4 Å². The summed E-state index contributed by atoms with van der Waals surface area (Å²) in [6.07, 6.45) is 0. The van der Waals surface area contributed by atoms with Crippen LogP contribution >= 0.6 is 0 Å². The Morgan fingerprint density at radius 3 is 2.42 bits per heavy atom. The van der Waals surface area contributed by atoms with Crippen LogP contribution in [-0.4, -0.2) is 16.7 Å². The molecule has 0 saturated heterocycles. The summed E-state index contributed by atoms with van der Waals surface area (Å²) in [4.78, 5) is 16.3. The molecular weight excluding hydrogens is 240 g/mol. The fourth-order valence-corrected chi connectivity index (χ4v) is 2.15. The molecule has 0 N–H and O–H groups in total. The molecule has 100 valence electrons. The van der Waals surface area contributed by atoms with Gasteiger partial charge in [0.2, 0.25) is 0 Å². The van der Waals surface area contributed by atoms with E-state index in [0.717, 1.165) is 16.7 Å². The number of ether oxygens (including phenoxy) is 1. The summed E-state index contributed by atoms with van der Waals surface area (Å²) >= 11 is 0. The third-order valence-electron chi connectivity index (χ3n) is 3.24. The van der Waals surface area contributed by atoms with E-state index in [-0.39, 0.29) is 5.56 Å². The molecule has 0 fully saturated rings. The van der Waals surface area contributed by atoms with E-state index in [1.165, 1.54) is 13.2 Å². The van der Waals surface area contributed by atoms with Crippen LogP contribution in [0.5, 0.6) is 6.01 Å². The summed E-state index contributed by atoms with van der Waals surface area (Å²) in [6.45, 7) is 6.35. The highest BCUT2D eigenvalue weighted by Gasteiger charge is 2.10. The zero-order chi connectivity index (χ0) is 14.0. The molecule has 2 aromatic rings. The van der Waals surface area contributed by atoms with Gasteiger partial charge in [-0.2, -0.15) is 0 Å². The number of methoxy groups -OCH3 is 1. The smallest absolute Gasteiger partial charge is 0.299 e. The van der Waals surface area contributed by atoms with Crippen LogP contribution in [0.3, 0.4) is 0 Å². The van der Waals surface area contributed by atoms with E-state index in [1.807, 2.05) is 32.0 Å². The molecule has 19 heavy (non-hydrogen) atoms. The Morgan fingerprint density at radius 2 is 1.84 bits per heavy atom. The van der Waals surface area contributed by atoms with Crippen molar-refractivity contribution in [3.8, 4) is 6.01 Å². The molecule has 0 aliphatic carbocycles. The Bertz CT molecular complexity index is 639. The summed E-state index contributed by atoms with van der Waals surface area (Å²) in [5.74, 6) is 0. The van der Waals surface area contributed by atoms with E-state index in [4.69, 9.17) is 4.74 Å². The number of hydrogen-bond acceptors (Lipinski definition) is 3. The monoisotopic (exact) mass is 258 g/mol. The van der Waals surface area contributed by atoms with Gasteiger partial charge in [-0.3, -0.25) is 9.36 Å². The number of nitrogens with zero attached hydrogens (tertiary/aromatic N) is 2. The van der Waals surface area contributed by atoms with E-state index in [1.54, 1.807) is 11.5 Å². The SMILES string of the molecule is COc1nc(C)cc(=O)n1Cc1c(C)cccc1C. The predicted molar refractivity (Wildman–Crippen MR) is 74.8 cm³/mol. The summed E-state index contributed by atoms with van der Waals surface area (Å²) in [7, 11) is 1.53. The third kappa shape index (κ3) is 2.67. The first-order valence-corrected chi connectivity index (χ1v) is 6.20. The van der Waals surface area contributed by atoms with Gasteiger partial charge in [-0.25, -0.2) is 4.98 Å². The first kappa shape index (κ1) is 13.3. The number of aromatic nitrogens is 2. The Hall–Kier alpha value is -2.10. The van der Waals surface area contributed by atoms with E-state index < -0.39 is 0 Å². The molecule has 0 spiro atoms. The van der Waals surface area contributed by atoms with Crippen LogP contribution in [0.25, 0.3) is 0 Å². The maximum atomic E-state index is 12.1. The lowest BCUT2D eigenvalue weighted by Crippen LogP contribution is -2.24. The van der Waals surface area contributed by atoms with Crippen molar-refractivity contribution >= 4 is 0 Å². The first-order valence-electron chi connectivity index (χ1n) is 6.20. The van der Waals surface area contributed by atoms with Crippen molar-refractivity contribution in [3.05, 3.63) is 57.0 Å². The van der Waals surface area contributed by atoms with Crippen molar-refractivity contribution in [2.24, 2.45) is 0 Å². The summed E-state index contributed by atoms with van der Waals surface area (Å²) in [5.41, 5.74) is 4.03. The fraction of sp³-hybridized carbons (Fsp3) is 0.333. The van der Waals surface area contributed by atoms with Crippen molar-refractivity contribution in [2.75, 3.05) is 7.11 Å². The van der Waals surface area contributed by atoms with Crippen molar-refractivity contribution in [1.82, 2.24) is 9.55 Å². The van der Waals surface area contributed by atoms with Gasteiger partial charge >= 0.3 is 0 Å². The van der Waals surface area contributed by atoms with Crippen molar-refractivity contribution in [3.63, 3.8) is 0 Å². The lowest BCUT2D eigenvalue weighted by Gasteiger charge is -2.14. The molecule has 1 heterocycles. The normalized spacial score (nSPS) is 10.5. The molecule has 0 atom stereocenters. The topological polar surface area (TPSA) is 44.1 Å². The van der Waals surface area contributed by atoms with Crippen LogP contribution in [0.4, 0.5) is 0 Å². The fourth-order valence-electron chi connectivity index (χ4n) is 2.15. The van der Waals surface area contributed by atoms with Crippen LogP contribution in [0.15, 0.2) is 29.1 Å². The van der Waals surface area contributed by atoms with Crippen LogP contribution < -0.4 is 10.3 Å². The molecule has 0 saturated carbocycles. The number of hydrogen-bond donors (Lipinski definition) is 0. The van der Waals surface area contributed by atoms with E-state index >= 15 is 0 Å². The standard InChI is InChI=1S/C15H18N2O2/c1-10-6-5-7-11(2)13(10)9-17-14(18)8-12(3)16-15(17)19-4/h5-8H,9H2,1-4H3. The Labute approximate surface area is 112 Å². The highest BCUT2D eigenvalue weighted by atomic mass is 16.5. The minimum absolute atomic E-state index is 0.0907. The van der Waals surface area contributed by atoms with Gasteiger partial charge in [0.15, 0.2) is 0 Å². The lowest BCUT2D eigenvalue weighted by atomic mass is 10.0. The predicted octanol–water partition coefficient (Wildman–Crippen LogP) is 2.23. The molecule has 0 unspecified atom stereocenters. The minimum atomic E-state index is -0.0907. The van der Waals surface area contributed by atoms with Crippen LogP contribution in [0, 0.1) is 20.8 Å². The van der Waals surface area contributed by atoms with Crippen molar-refractivity contribution in [1.29, 1.82) is 0 Å². The molecule has 2 rings (SSSR count). The van der Waals surface area contributed by atoms with Gasteiger partial charge in [-0.15, -0.1) is 0 Å². The summed E-state index contributed by atoms with van der Waals surface area (Å²) in [6, 6.07) is 7.98. The molecule has 4 nitrogen and oxygen atoms in total. The first-order chi connectivity index (χ1) is 9.02. The van der Waals surface area contributed by atoms with Gasteiger partial charge in [0.25, 0.3) is 11.6 Å². The second-order valence-corrected chi connectivity index (χ2v) is 4.68. The molecule has 1 aromatic heterocycles. The van der Waals surface area contributed by atoms with Gasteiger partial charge in [-0.05, 0) is 37.5 Å². The van der Waals surface area contributed by atoms with Gasteiger partial charge in [-0.1, -0.05) is 18.2 Å². The number of benzene rings is 1.